The van der Waals surface area contributed by atoms with Crippen molar-refractivity contribution >= 4 is 11.9 Å². The van der Waals surface area contributed by atoms with Crippen LogP contribution in [0.4, 0.5) is 13.2 Å². The molecule has 0 aromatic heterocycles. The van der Waals surface area contributed by atoms with Crippen LogP contribution in [-0.2, 0) is 9.59 Å². The number of carbonyl (C=O) groups is 2. The zero-order valence-electron chi connectivity index (χ0n) is 14.0. The topological polar surface area (TPSA) is 75.6 Å². The Morgan fingerprint density at radius 3 is 2.38 bits per heavy atom. The fourth-order valence-corrected chi connectivity index (χ4v) is 3.63. The number of para-hydroxylation sites is 1. The number of carbonyl (C=O) groups excluding carboxylic acids is 1. The minimum atomic E-state index is -4.77. The van der Waals surface area contributed by atoms with Gasteiger partial charge in [0.1, 0.15) is 5.75 Å². The number of rotatable bonds is 5. The van der Waals surface area contributed by atoms with Gasteiger partial charge in [-0.3, -0.25) is 9.59 Å². The van der Waals surface area contributed by atoms with Crippen LogP contribution < -0.4 is 10.1 Å². The summed E-state index contributed by atoms with van der Waals surface area (Å²) in [7, 11) is 0. The number of hydrogen-bond donors (Lipinski definition) is 2. The van der Waals surface area contributed by atoms with Crippen molar-refractivity contribution in [1.29, 1.82) is 0 Å². The van der Waals surface area contributed by atoms with Crippen molar-refractivity contribution in [2.24, 2.45) is 11.8 Å². The molecule has 2 aliphatic rings. The molecular formula is C18H20F3NO4. The Morgan fingerprint density at radius 1 is 1.12 bits per heavy atom. The van der Waals surface area contributed by atoms with Gasteiger partial charge < -0.3 is 15.2 Å². The maximum atomic E-state index is 12.5. The molecule has 2 atom stereocenters. The number of aliphatic carboxylic acids is 1. The standard InChI is InChI=1S/C18H20F3NO4/c19-18(20,21)26-15-4-2-1-3-12(15)13-9-14(13)16(23)22-11-7-5-10(6-8-11)17(24)25/h1-4,10-11,13-14H,5-9H2,(H,22,23)(H,24,25)/t10?,11?,13-,14-/m0/s1. The first-order chi connectivity index (χ1) is 12.2. The van der Waals surface area contributed by atoms with Gasteiger partial charge >= 0.3 is 12.3 Å². The number of benzene rings is 1. The first-order valence-electron chi connectivity index (χ1n) is 8.62. The highest BCUT2D eigenvalue weighted by atomic mass is 19.4. The lowest BCUT2D eigenvalue weighted by molar-refractivity contribution is -0.274. The molecule has 0 unspecified atom stereocenters. The highest BCUT2D eigenvalue weighted by Crippen LogP contribution is 2.51. The van der Waals surface area contributed by atoms with E-state index in [1.54, 1.807) is 12.1 Å². The van der Waals surface area contributed by atoms with Crippen LogP contribution in [0.3, 0.4) is 0 Å². The van der Waals surface area contributed by atoms with E-state index >= 15 is 0 Å². The Bertz CT molecular complexity index is 683. The average molecular weight is 371 g/mol. The quantitative estimate of drug-likeness (QED) is 0.831. The van der Waals surface area contributed by atoms with E-state index in [-0.39, 0.29) is 35.5 Å². The molecule has 2 N–H and O–H groups in total. The van der Waals surface area contributed by atoms with E-state index in [2.05, 4.69) is 10.1 Å². The number of ether oxygens (including phenoxy) is 1. The summed E-state index contributed by atoms with van der Waals surface area (Å²) in [6, 6.07) is 5.82. The van der Waals surface area contributed by atoms with Crippen LogP contribution in [-0.4, -0.2) is 29.4 Å². The highest BCUT2D eigenvalue weighted by Gasteiger charge is 2.46. The van der Waals surface area contributed by atoms with Gasteiger partial charge in [0.25, 0.3) is 0 Å². The molecule has 2 saturated carbocycles. The third-order valence-corrected chi connectivity index (χ3v) is 5.09. The van der Waals surface area contributed by atoms with Crippen LogP contribution in [0.15, 0.2) is 24.3 Å². The van der Waals surface area contributed by atoms with E-state index in [1.807, 2.05) is 0 Å². The lowest BCUT2D eigenvalue weighted by Gasteiger charge is -2.26. The largest absolute Gasteiger partial charge is 0.573 e. The molecule has 1 aromatic rings. The van der Waals surface area contributed by atoms with Crippen molar-refractivity contribution in [1.82, 2.24) is 5.32 Å². The molecule has 1 aromatic carbocycles. The molecule has 1 amide bonds. The van der Waals surface area contributed by atoms with Crippen LogP contribution in [0.1, 0.15) is 43.6 Å². The minimum Gasteiger partial charge on any atom is -0.481 e. The van der Waals surface area contributed by atoms with Crippen molar-refractivity contribution in [2.45, 2.75) is 50.4 Å². The maximum absolute atomic E-state index is 12.5. The predicted molar refractivity (Wildman–Crippen MR) is 85.5 cm³/mol. The van der Waals surface area contributed by atoms with Crippen LogP contribution in [0, 0.1) is 11.8 Å². The van der Waals surface area contributed by atoms with E-state index in [0.29, 0.717) is 37.7 Å². The van der Waals surface area contributed by atoms with Gasteiger partial charge in [-0.2, -0.15) is 0 Å². The van der Waals surface area contributed by atoms with Gasteiger partial charge in [0.15, 0.2) is 0 Å². The molecule has 0 spiro atoms. The molecule has 3 rings (SSSR count). The number of alkyl halides is 3. The van der Waals surface area contributed by atoms with Gasteiger partial charge in [-0.1, -0.05) is 18.2 Å². The number of halogens is 3. The summed E-state index contributed by atoms with van der Waals surface area (Å²) in [6.45, 7) is 0. The average Bonchev–Trinajstić information content (AvgIpc) is 3.35. The molecule has 5 nitrogen and oxygen atoms in total. The van der Waals surface area contributed by atoms with E-state index in [9.17, 15) is 22.8 Å². The van der Waals surface area contributed by atoms with E-state index in [0.717, 1.165) is 0 Å². The lowest BCUT2D eigenvalue weighted by atomic mass is 9.86. The van der Waals surface area contributed by atoms with Gasteiger partial charge in [0, 0.05) is 12.0 Å². The Balaban J connectivity index is 1.56. The fourth-order valence-electron chi connectivity index (χ4n) is 3.63. The van der Waals surface area contributed by atoms with Crippen LogP contribution in [0.2, 0.25) is 0 Å². The number of nitrogens with one attached hydrogen (secondary N) is 1. The molecule has 2 aliphatic carbocycles. The molecule has 0 aliphatic heterocycles. The third kappa shape index (κ3) is 4.47. The first-order valence-corrected chi connectivity index (χ1v) is 8.62. The zero-order chi connectivity index (χ0) is 18.9. The second-order valence-electron chi connectivity index (χ2n) is 6.93. The summed E-state index contributed by atoms with van der Waals surface area (Å²) >= 11 is 0. The summed E-state index contributed by atoms with van der Waals surface area (Å²) in [5.74, 6) is -2.27. The van der Waals surface area contributed by atoms with Gasteiger partial charge in [-0.25, -0.2) is 0 Å². The molecule has 142 valence electrons. The summed E-state index contributed by atoms with van der Waals surface area (Å²) < 4.78 is 41.6. The van der Waals surface area contributed by atoms with Crippen LogP contribution in [0.25, 0.3) is 0 Å². The van der Waals surface area contributed by atoms with Gasteiger partial charge in [-0.05, 0) is 49.7 Å². The first kappa shape index (κ1) is 18.5. The molecule has 0 heterocycles. The second-order valence-corrected chi connectivity index (χ2v) is 6.93. The SMILES string of the molecule is O=C(O)C1CCC(NC(=O)[C@H]2C[C@H]2c2ccccc2OC(F)(F)F)CC1. The van der Waals surface area contributed by atoms with Gasteiger partial charge in [0.05, 0.1) is 5.92 Å². The monoisotopic (exact) mass is 371 g/mol. The van der Waals surface area contributed by atoms with Crippen molar-refractivity contribution in [3.05, 3.63) is 29.8 Å². The molecule has 2 fully saturated rings. The molecule has 0 bridgehead atoms. The van der Waals surface area contributed by atoms with Crippen molar-refractivity contribution in [2.75, 3.05) is 0 Å². The highest BCUT2D eigenvalue weighted by molar-refractivity contribution is 5.83. The Labute approximate surface area is 148 Å². The summed E-state index contributed by atoms with van der Waals surface area (Å²) in [4.78, 5) is 23.3. The number of carboxylic acid groups (broad SMARTS) is 1. The molecule has 8 heteroatoms. The molecule has 26 heavy (non-hydrogen) atoms. The van der Waals surface area contributed by atoms with Crippen LogP contribution >= 0.6 is 0 Å². The lowest BCUT2D eigenvalue weighted by Crippen LogP contribution is -2.39. The third-order valence-electron chi connectivity index (χ3n) is 5.09. The minimum absolute atomic E-state index is 0.0685. The van der Waals surface area contributed by atoms with Gasteiger partial charge in [0.2, 0.25) is 5.91 Å². The smallest absolute Gasteiger partial charge is 0.481 e. The number of hydrogen-bond acceptors (Lipinski definition) is 3. The molecule has 0 saturated heterocycles. The summed E-state index contributed by atoms with van der Waals surface area (Å²) in [5.41, 5.74) is 0.388. The zero-order valence-corrected chi connectivity index (χ0v) is 14.0. The van der Waals surface area contributed by atoms with E-state index < -0.39 is 12.3 Å². The number of amides is 1. The Hall–Kier alpha value is -2.25. The van der Waals surface area contributed by atoms with Crippen molar-refractivity contribution < 1.29 is 32.6 Å². The van der Waals surface area contributed by atoms with Crippen molar-refractivity contribution in [3.63, 3.8) is 0 Å². The molecular weight excluding hydrogens is 351 g/mol. The van der Waals surface area contributed by atoms with Gasteiger partial charge in [-0.15, -0.1) is 13.2 Å². The van der Waals surface area contributed by atoms with Crippen LogP contribution in [0.5, 0.6) is 5.75 Å². The maximum Gasteiger partial charge on any atom is 0.573 e. The Morgan fingerprint density at radius 2 is 1.77 bits per heavy atom. The Kier molecular flexibility index (Phi) is 5.11. The van der Waals surface area contributed by atoms with Crippen molar-refractivity contribution in [3.8, 4) is 5.75 Å². The summed E-state index contributed by atoms with van der Waals surface area (Å²) in [5, 5.41) is 11.9. The summed E-state index contributed by atoms with van der Waals surface area (Å²) in [6.07, 6.45) is -2.03. The normalized spacial score (nSPS) is 28.3. The fraction of sp³-hybridized carbons (Fsp3) is 0.556. The number of carboxylic acids is 1. The second kappa shape index (κ2) is 7.17. The molecule has 0 radical (unpaired) electrons. The van der Waals surface area contributed by atoms with E-state index in [4.69, 9.17) is 5.11 Å². The van der Waals surface area contributed by atoms with E-state index in [1.165, 1.54) is 12.1 Å². The predicted octanol–water partition coefficient (Wildman–Crippen LogP) is 3.45.